The SMILES string of the molecule is CC1(C)c2ccccc2-c2ccc(N(c3ccccc3-c3ccc(-c4ccccc4)cc3)c3cccc4c3oc3cc5c(cc34)oc3cccc(-c4ccccc4)c35)cc21. The maximum atomic E-state index is 7.09. The minimum atomic E-state index is -0.165. The van der Waals surface area contributed by atoms with Crippen LogP contribution in [0.3, 0.4) is 0 Å². The molecule has 2 heterocycles. The number of furan rings is 2. The molecule has 0 unspecified atom stereocenters. The van der Waals surface area contributed by atoms with Crippen LogP contribution >= 0.6 is 0 Å². The molecule has 3 heteroatoms. The van der Waals surface area contributed by atoms with Gasteiger partial charge < -0.3 is 13.7 Å². The fourth-order valence-corrected chi connectivity index (χ4v) is 9.76. The number of rotatable bonds is 6. The predicted molar refractivity (Wildman–Crippen MR) is 250 cm³/mol. The summed E-state index contributed by atoms with van der Waals surface area (Å²) < 4.78 is 13.7. The van der Waals surface area contributed by atoms with Gasteiger partial charge in [-0.1, -0.05) is 172 Å². The second kappa shape index (κ2) is 13.2. The van der Waals surface area contributed by atoms with Gasteiger partial charge in [-0.05, 0) is 92.5 Å². The number of fused-ring (bicyclic) bond motifs is 9. The molecule has 0 N–H and O–H groups in total. The fraction of sp³-hybridized carbons (Fsp3) is 0.0526. The summed E-state index contributed by atoms with van der Waals surface area (Å²) in [6, 6.07) is 71.8. The van der Waals surface area contributed by atoms with Crippen LogP contribution in [-0.4, -0.2) is 0 Å². The highest BCUT2D eigenvalue weighted by atomic mass is 16.3. The first-order valence-corrected chi connectivity index (χ1v) is 20.7. The minimum absolute atomic E-state index is 0.165. The molecule has 12 rings (SSSR count). The molecule has 0 atom stereocenters. The zero-order valence-electron chi connectivity index (χ0n) is 33.3. The summed E-state index contributed by atoms with van der Waals surface area (Å²) in [6.45, 7) is 4.69. The average Bonchev–Trinajstić information content (AvgIpc) is 3.93. The fourth-order valence-electron chi connectivity index (χ4n) is 9.76. The monoisotopic (exact) mass is 769 g/mol. The Morgan fingerprint density at radius 1 is 0.367 bits per heavy atom. The van der Waals surface area contributed by atoms with E-state index in [1.165, 1.54) is 33.4 Å². The molecular formula is C57H39NO2. The van der Waals surface area contributed by atoms with Gasteiger partial charge in [0.05, 0.1) is 11.4 Å². The van der Waals surface area contributed by atoms with E-state index in [-0.39, 0.29) is 5.41 Å². The minimum Gasteiger partial charge on any atom is -0.456 e. The van der Waals surface area contributed by atoms with Gasteiger partial charge in [-0.15, -0.1) is 0 Å². The first kappa shape index (κ1) is 34.4. The van der Waals surface area contributed by atoms with E-state index in [1.807, 2.05) is 0 Å². The highest BCUT2D eigenvalue weighted by Gasteiger charge is 2.36. The van der Waals surface area contributed by atoms with Crippen molar-refractivity contribution in [3.05, 3.63) is 211 Å². The van der Waals surface area contributed by atoms with Crippen LogP contribution in [0.5, 0.6) is 0 Å². The summed E-state index contributed by atoms with van der Waals surface area (Å²) >= 11 is 0. The van der Waals surface area contributed by atoms with E-state index in [0.29, 0.717) is 0 Å². The van der Waals surface area contributed by atoms with Crippen LogP contribution in [0.15, 0.2) is 209 Å². The quantitative estimate of drug-likeness (QED) is 0.169. The van der Waals surface area contributed by atoms with Crippen molar-refractivity contribution in [3.8, 4) is 44.5 Å². The highest BCUT2D eigenvalue weighted by molar-refractivity contribution is 6.19. The Bertz CT molecular complexity index is 3450. The lowest BCUT2D eigenvalue weighted by Gasteiger charge is -2.29. The van der Waals surface area contributed by atoms with Crippen LogP contribution in [0.1, 0.15) is 25.0 Å². The topological polar surface area (TPSA) is 29.5 Å². The van der Waals surface area contributed by atoms with Gasteiger partial charge in [-0.3, -0.25) is 0 Å². The third-order valence-corrected chi connectivity index (χ3v) is 12.7. The number of hydrogen-bond donors (Lipinski definition) is 0. The molecule has 0 amide bonds. The molecule has 0 saturated carbocycles. The second-order valence-electron chi connectivity index (χ2n) is 16.4. The van der Waals surface area contributed by atoms with Crippen molar-refractivity contribution in [2.45, 2.75) is 19.3 Å². The molecule has 2 aromatic heterocycles. The molecule has 0 radical (unpaired) electrons. The van der Waals surface area contributed by atoms with Crippen molar-refractivity contribution in [1.82, 2.24) is 0 Å². The Morgan fingerprint density at radius 2 is 0.950 bits per heavy atom. The third-order valence-electron chi connectivity index (χ3n) is 12.7. The lowest BCUT2D eigenvalue weighted by Crippen LogP contribution is -2.17. The Hall–Kier alpha value is -7.62. The standard InChI is InChI=1S/C57H39NO2/c1-57(2)48-23-11-9-20-43(48)44-32-31-40(33-49(44)57)58(50-24-12-10-19-41(50)39-29-27-37(28-30-39)36-15-5-3-6-16-36)51-25-13-22-45-46-34-54-47(35-53(46)60-56(45)51)55-42(21-14-26-52(55)59-54)38-17-7-4-8-18-38/h3-35H,1-2H3. The lowest BCUT2D eigenvalue weighted by molar-refractivity contribution is 0.660. The van der Waals surface area contributed by atoms with E-state index in [0.717, 1.165) is 83.2 Å². The van der Waals surface area contributed by atoms with Crippen molar-refractivity contribution in [2.75, 3.05) is 4.90 Å². The molecule has 284 valence electrons. The first-order chi connectivity index (χ1) is 29.5. The maximum Gasteiger partial charge on any atom is 0.159 e. The van der Waals surface area contributed by atoms with Crippen molar-refractivity contribution in [3.63, 3.8) is 0 Å². The van der Waals surface area contributed by atoms with E-state index in [2.05, 4.69) is 219 Å². The van der Waals surface area contributed by atoms with Crippen LogP contribution < -0.4 is 4.90 Å². The zero-order chi connectivity index (χ0) is 40.0. The first-order valence-electron chi connectivity index (χ1n) is 20.7. The van der Waals surface area contributed by atoms with E-state index >= 15 is 0 Å². The molecule has 1 aliphatic rings. The van der Waals surface area contributed by atoms with Crippen LogP contribution in [0.25, 0.3) is 88.4 Å². The molecule has 0 spiro atoms. The second-order valence-corrected chi connectivity index (χ2v) is 16.4. The largest absolute Gasteiger partial charge is 0.456 e. The van der Waals surface area contributed by atoms with Crippen LogP contribution in [0.4, 0.5) is 17.1 Å². The van der Waals surface area contributed by atoms with Crippen LogP contribution in [0, 0.1) is 0 Å². The summed E-state index contributed by atoms with van der Waals surface area (Å²) in [7, 11) is 0. The molecule has 0 saturated heterocycles. The number of benzene rings is 9. The molecule has 0 aliphatic heterocycles. The molecule has 0 bridgehead atoms. The normalized spacial score (nSPS) is 13.0. The molecular weight excluding hydrogens is 731 g/mol. The van der Waals surface area contributed by atoms with Gasteiger partial charge in [0.15, 0.2) is 5.58 Å². The van der Waals surface area contributed by atoms with E-state index in [4.69, 9.17) is 8.83 Å². The van der Waals surface area contributed by atoms with E-state index in [9.17, 15) is 0 Å². The van der Waals surface area contributed by atoms with Crippen LogP contribution in [0.2, 0.25) is 0 Å². The Kier molecular flexibility index (Phi) is 7.58. The molecule has 0 fully saturated rings. The number of anilines is 3. The van der Waals surface area contributed by atoms with Gasteiger partial charge in [0.25, 0.3) is 0 Å². The third kappa shape index (κ3) is 5.22. The predicted octanol–water partition coefficient (Wildman–Crippen LogP) is 16.3. The summed E-state index contributed by atoms with van der Waals surface area (Å²) in [5, 5.41) is 4.20. The van der Waals surface area contributed by atoms with Crippen LogP contribution in [-0.2, 0) is 5.41 Å². The van der Waals surface area contributed by atoms with Gasteiger partial charge >= 0.3 is 0 Å². The van der Waals surface area contributed by atoms with Crippen molar-refractivity contribution in [1.29, 1.82) is 0 Å². The maximum absolute atomic E-state index is 7.09. The molecule has 3 nitrogen and oxygen atoms in total. The highest BCUT2D eigenvalue weighted by Crippen LogP contribution is 2.52. The Morgan fingerprint density at radius 3 is 1.77 bits per heavy atom. The number of para-hydroxylation sites is 2. The lowest BCUT2D eigenvalue weighted by atomic mass is 9.82. The summed E-state index contributed by atoms with van der Waals surface area (Å²) in [5.41, 5.74) is 18.5. The summed E-state index contributed by atoms with van der Waals surface area (Å²) in [4.78, 5) is 2.40. The van der Waals surface area contributed by atoms with Crippen molar-refractivity contribution < 1.29 is 8.83 Å². The van der Waals surface area contributed by atoms with Gasteiger partial charge in [0, 0.05) is 38.2 Å². The molecule has 9 aromatic carbocycles. The van der Waals surface area contributed by atoms with E-state index in [1.54, 1.807) is 0 Å². The zero-order valence-corrected chi connectivity index (χ0v) is 33.3. The van der Waals surface area contributed by atoms with Crippen molar-refractivity contribution in [2.24, 2.45) is 0 Å². The number of nitrogens with zero attached hydrogens (tertiary/aromatic N) is 1. The number of hydrogen-bond acceptors (Lipinski definition) is 3. The molecule has 1 aliphatic carbocycles. The average molecular weight is 770 g/mol. The van der Waals surface area contributed by atoms with Gasteiger partial charge in [0.1, 0.15) is 16.7 Å². The Labute approximate surface area is 348 Å². The smallest absolute Gasteiger partial charge is 0.159 e. The van der Waals surface area contributed by atoms with E-state index < -0.39 is 0 Å². The van der Waals surface area contributed by atoms with Gasteiger partial charge in [-0.25, -0.2) is 0 Å². The summed E-state index contributed by atoms with van der Waals surface area (Å²) in [5.74, 6) is 0. The Balaban J connectivity index is 1.08. The molecule has 11 aromatic rings. The van der Waals surface area contributed by atoms with Gasteiger partial charge in [0.2, 0.25) is 0 Å². The summed E-state index contributed by atoms with van der Waals surface area (Å²) in [6.07, 6.45) is 0. The van der Waals surface area contributed by atoms with Crippen molar-refractivity contribution >= 4 is 60.9 Å². The molecule has 60 heavy (non-hydrogen) atoms. The van der Waals surface area contributed by atoms with Gasteiger partial charge in [-0.2, -0.15) is 0 Å².